The molecule has 0 aliphatic heterocycles. The predicted octanol–water partition coefficient (Wildman–Crippen LogP) is 7.61. The van der Waals surface area contributed by atoms with E-state index in [0.717, 1.165) is 50.2 Å². The maximum Gasteiger partial charge on any atom is 0.442 e. The predicted molar refractivity (Wildman–Crippen MR) is 104 cm³/mol. The van der Waals surface area contributed by atoms with Crippen molar-refractivity contribution in [2.24, 2.45) is 29.6 Å². The molecule has 0 N–H and O–H groups in total. The molecule has 0 bridgehead atoms. The van der Waals surface area contributed by atoms with Crippen molar-refractivity contribution in [3.8, 4) is 0 Å². The highest BCUT2D eigenvalue weighted by atomic mass is 19.4. The van der Waals surface area contributed by atoms with Gasteiger partial charge in [0.1, 0.15) is 0 Å². The van der Waals surface area contributed by atoms with Gasteiger partial charge in [-0.3, -0.25) is 0 Å². The smallest absolute Gasteiger partial charge is 0.378 e. The van der Waals surface area contributed by atoms with Gasteiger partial charge in [-0.15, -0.1) is 0 Å². The van der Waals surface area contributed by atoms with E-state index in [1.165, 1.54) is 38.5 Å². The first kappa shape index (κ1) is 22.1. The second kappa shape index (κ2) is 9.95. The van der Waals surface area contributed by atoms with Crippen LogP contribution in [0.1, 0.15) is 84.0 Å². The zero-order chi connectivity index (χ0) is 20.1. The van der Waals surface area contributed by atoms with E-state index in [1.807, 2.05) is 0 Å². The Bertz CT molecular complexity index is 491. The molecule has 0 aromatic carbocycles. The van der Waals surface area contributed by atoms with E-state index in [0.29, 0.717) is 30.8 Å². The molecule has 0 saturated heterocycles. The number of hydrogen-bond donors (Lipinski definition) is 0. The van der Waals surface area contributed by atoms with Gasteiger partial charge < -0.3 is 4.74 Å². The molecule has 5 heteroatoms. The van der Waals surface area contributed by atoms with Crippen LogP contribution in [-0.2, 0) is 4.74 Å². The minimum Gasteiger partial charge on any atom is -0.378 e. The Labute approximate surface area is 167 Å². The molecule has 0 radical (unpaired) electrons. The van der Waals surface area contributed by atoms with Crippen LogP contribution in [0.25, 0.3) is 0 Å². The Morgan fingerprint density at radius 2 is 1.36 bits per heavy atom. The van der Waals surface area contributed by atoms with Gasteiger partial charge in [0.05, 0.1) is 6.10 Å². The molecule has 3 aliphatic rings. The Kier molecular flexibility index (Phi) is 7.86. The topological polar surface area (TPSA) is 9.23 Å². The van der Waals surface area contributed by atoms with E-state index in [-0.39, 0.29) is 5.92 Å². The monoisotopic (exact) mass is 404 g/mol. The third kappa shape index (κ3) is 6.47. The highest BCUT2D eigenvalue weighted by Gasteiger charge is 2.36. The van der Waals surface area contributed by atoms with E-state index < -0.39 is 12.0 Å². The zero-order valence-electron chi connectivity index (χ0n) is 17.2. The SMILES string of the molecule is CC1CCC(COC2CCC(C3CCC(C=C(F)C(F)(F)F)CC3)CC2)CC1. The summed E-state index contributed by atoms with van der Waals surface area (Å²) in [6.45, 7) is 3.26. The van der Waals surface area contributed by atoms with Crippen LogP contribution in [0.5, 0.6) is 0 Å². The van der Waals surface area contributed by atoms with Crippen molar-refractivity contribution in [1.82, 2.24) is 0 Å². The van der Waals surface area contributed by atoms with E-state index in [9.17, 15) is 17.6 Å². The first-order valence-electron chi connectivity index (χ1n) is 11.4. The Hall–Kier alpha value is -0.580. The fourth-order valence-corrected chi connectivity index (χ4v) is 5.58. The number of halogens is 4. The van der Waals surface area contributed by atoms with E-state index in [4.69, 9.17) is 4.74 Å². The fourth-order valence-electron chi connectivity index (χ4n) is 5.58. The molecule has 3 aliphatic carbocycles. The fraction of sp³-hybridized carbons (Fsp3) is 0.913. The van der Waals surface area contributed by atoms with Crippen LogP contribution in [0.2, 0.25) is 0 Å². The summed E-state index contributed by atoms with van der Waals surface area (Å²) in [5.74, 6) is 0.723. The summed E-state index contributed by atoms with van der Waals surface area (Å²) < 4.78 is 56.4. The quantitative estimate of drug-likeness (QED) is 0.428. The van der Waals surface area contributed by atoms with Gasteiger partial charge >= 0.3 is 6.18 Å². The van der Waals surface area contributed by atoms with Crippen molar-refractivity contribution in [1.29, 1.82) is 0 Å². The van der Waals surface area contributed by atoms with Crippen LogP contribution in [0.4, 0.5) is 17.6 Å². The Morgan fingerprint density at radius 1 is 0.821 bits per heavy atom. The summed E-state index contributed by atoms with van der Waals surface area (Å²) in [6.07, 6.45) is 9.51. The zero-order valence-corrected chi connectivity index (χ0v) is 17.2. The third-order valence-electron chi connectivity index (χ3n) is 7.56. The minimum absolute atomic E-state index is 0.254. The average molecular weight is 405 g/mol. The molecule has 0 atom stereocenters. The summed E-state index contributed by atoms with van der Waals surface area (Å²) in [7, 11) is 0. The number of ether oxygens (including phenoxy) is 1. The van der Waals surface area contributed by atoms with Crippen molar-refractivity contribution >= 4 is 0 Å². The van der Waals surface area contributed by atoms with Gasteiger partial charge in [-0.05, 0) is 99.9 Å². The third-order valence-corrected chi connectivity index (χ3v) is 7.56. The van der Waals surface area contributed by atoms with Gasteiger partial charge in [0.2, 0.25) is 0 Å². The first-order valence-corrected chi connectivity index (χ1v) is 11.4. The maximum atomic E-state index is 13.1. The van der Waals surface area contributed by atoms with Crippen LogP contribution in [-0.4, -0.2) is 18.9 Å². The number of alkyl halides is 3. The lowest BCUT2D eigenvalue weighted by atomic mass is 9.70. The van der Waals surface area contributed by atoms with E-state index >= 15 is 0 Å². The Balaban J connectivity index is 1.33. The van der Waals surface area contributed by atoms with E-state index in [2.05, 4.69) is 6.92 Å². The maximum absolute atomic E-state index is 13.1. The van der Waals surface area contributed by atoms with Crippen molar-refractivity contribution in [2.75, 3.05) is 6.61 Å². The Morgan fingerprint density at radius 3 is 1.89 bits per heavy atom. The molecule has 1 nitrogen and oxygen atoms in total. The number of allylic oxidation sites excluding steroid dienone is 2. The molecule has 3 fully saturated rings. The second-order valence-corrected chi connectivity index (χ2v) is 9.68. The molecule has 0 amide bonds. The summed E-state index contributed by atoms with van der Waals surface area (Å²) in [5.41, 5.74) is 0. The summed E-state index contributed by atoms with van der Waals surface area (Å²) >= 11 is 0. The highest BCUT2D eigenvalue weighted by Crippen LogP contribution is 2.42. The molecule has 3 saturated carbocycles. The highest BCUT2D eigenvalue weighted by molar-refractivity contribution is 5.03. The molecular formula is C23H36F4O. The van der Waals surface area contributed by atoms with Crippen LogP contribution in [0, 0.1) is 29.6 Å². The van der Waals surface area contributed by atoms with Gasteiger partial charge in [0, 0.05) is 6.61 Å². The summed E-state index contributed by atoms with van der Waals surface area (Å²) in [6, 6.07) is 0. The van der Waals surface area contributed by atoms with Gasteiger partial charge in [0.15, 0.2) is 5.83 Å². The largest absolute Gasteiger partial charge is 0.442 e. The standard InChI is InChI=1S/C23H36F4O/c1-16-2-4-18(5-3-16)15-28-21-12-10-20(11-13-21)19-8-6-17(7-9-19)14-22(24)23(25,26)27/h14,16-21H,2-13,15H2,1H3. The molecule has 3 rings (SSSR count). The summed E-state index contributed by atoms with van der Waals surface area (Å²) in [5, 5.41) is 0. The van der Waals surface area contributed by atoms with Crippen molar-refractivity contribution in [3.05, 3.63) is 11.9 Å². The molecule has 28 heavy (non-hydrogen) atoms. The lowest BCUT2D eigenvalue weighted by Crippen LogP contribution is -2.30. The van der Waals surface area contributed by atoms with Crippen molar-refractivity contribution in [2.45, 2.75) is 96.3 Å². The van der Waals surface area contributed by atoms with Gasteiger partial charge in [0.25, 0.3) is 0 Å². The minimum atomic E-state index is -4.83. The van der Waals surface area contributed by atoms with Crippen LogP contribution >= 0.6 is 0 Å². The normalized spacial score (nSPS) is 38.4. The van der Waals surface area contributed by atoms with Gasteiger partial charge in [-0.1, -0.05) is 19.8 Å². The van der Waals surface area contributed by atoms with Crippen molar-refractivity contribution in [3.63, 3.8) is 0 Å². The lowest BCUT2D eigenvalue weighted by Gasteiger charge is -2.37. The van der Waals surface area contributed by atoms with Crippen molar-refractivity contribution < 1.29 is 22.3 Å². The molecule has 162 valence electrons. The van der Waals surface area contributed by atoms with Gasteiger partial charge in [-0.25, -0.2) is 4.39 Å². The first-order chi connectivity index (χ1) is 13.3. The summed E-state index contributed by atoms with van der Waals surface area (Å²) in [4.78, 5) is 0. The number of hydrogen-bond acceptors (Lipinski definition) is 1. The lowest BCUT2D eigenvalue weighted by molar-refractivity contribution is -0.109. The average Bonchev–Trinajstić information content (AvgIpc) is 2.68. The van der Waals surface area contributed by atoms with Crippen LogP contribution in [0.15, 0.2) is 11.9 Å². The van der Waals surface area contributed by atoms with E-state index in [1.54, 1.807) is 0 Å². The molecule has 0 unspecified atom stereocenters. The molecule has 0 heterocycles. The molecule has 0 aromatic heterocycles. The second-order valence-electron chi connectivity index (χ2n) is 9.68. The molecular weight excluding hydrogens is 368 g/mol. The molecule has 0 spiro atoms. The van der Waals surface area contributed by atoms with Crippen LogP contribution < -0.4 is 0 Å². The molecule has 0 aromatic rings. The number of rotatable bonds is 5. The van der Waals surface area contributed by atoms with Crippen LogP contribution in [0.3, 0.4) is 0 Å². The van der Waals surface area contributed by atoms with Gasteiger partial charge in [-0.2, -0.15) is 13.2 Å².